The maximum atomic E-state index is 13.2. The first-order valence-corrected chi connectivity index (χ1v) is 9.35. The van der Waals surface area contributed by atoms with Crippen molar-refractivity contribution in [2.24, 2.45) is 10.4 Å². The maximum absolute atomic E-state index is 13.2. The number of ketones is 1. The first kappa shape index (κ1) is 19.9. The Kier molecular flexibility index (Phi) is 4.73. The summed E-state index contributed by atoms with van der Waals surface area (Å²) in [5.74, 6) is 0.258. The number of aryl methyl sites for hydroxylation is 2. The van der Waals surface area contributed by atoms with Crippen LogP contribution in [0.25, 0.3) is 0 Å². The van der Waals surface area contributed by atoms with Crippen LogP contribution >= 0.6 is 0 Å². The molecule has 0 aliphatic carbocycles. The zero-order valence-electron chi connectivity index (χ0n) is 17.5. The second kappa shape index (κ2) is 6.65. The lowest BCUT2D eigenvalue weighted by atomic mass is 9.90. The summed E-state index contributed by atoms with van der Waals surface area (Å²) in [7, 11) is 1.58. The minimum absolute atomic E-state index is 0.174. The Bertz CT molecular complexity index is 934. The molecule has 0 radical (unpaired) electrons. The van der Waals surface area contributed by atoms with Crippen molar-refractivity contribution in [2.75, 3.05) is 20.1 Å². The number of nitrogens with zero attached hydrogens (tertiary/aromatic N) is 6. The van der Waals surface area contributed by atoms with Gasteiger partial charge in [0.05, 0.1) is 18.8 Å². The molecule has 2 aliphatic rings. The topological polar surface area (TPSA) is 90.9 Å². The molecule has 0 aromatic carbocycles. The van der Waals surface area contributed by atoms with Gasteiger partial charge in [0.15, 0.2) is 5.78 Å². The number of urea groups is 1. The standard InChI is InChI=1S/C19H27N6O3/c1-8-23-14-15(20-17(23)25-12(3)9-11(2)21-25)22(7)18(28)24(16(14)27)10-13(26)19(4,5)6/h9,14H,8,10H2,1-7H3/q+1. The zero-order chi connectivity index (χ0) is 21.0. The van der Waals surface area contributed by atoms with Crippen molar-refractivity contribution in [2.45, 2.75) is 47.6 Å². The number of amidine groups is 1. The number of amides is 3. The van der Waals surface area contributed by atoms with E-state index in [-0.39, 0.29) is 12.3 Å². The second-order valence-electron chi connectivity index (χ2n) is 8.24. The smallest absolute Gasteiger partial charge is 0.297 e. The number of imide groups is 1. The van der Waals surface area contributed by atoms with Gasteiger partial charge in [-0.1, -0.05) is 25.8 Å². The number of hydrogen-bond acceptors (Lipinski definition) is 5. The Hall–Kier alpha value is -2.84. The summed E-state index contributed by atoms with van der Waals surface area (Å²) in [5.41, 5.74) is 1.08. The van der Waals surface area contributed by atoms with E-state index in [0.717, 1.165) is 16.3 Å². The van der Waals surface area contributed by atoms with Crippen molar-refractivity contribution >= 4 is 29.5 Å². The molecule has 1 saturated heterocycles. The van der Waals surface area contributed by atoms with E-state index in [2.05, 4.69) is 10.1 Å². The summed E-state index contributed by atoms with van der Waals surface area (Å²) in [6.07, 6.45) is 0. The third-order valence-electron chi connectivity index (χ3n) is 5.07. The van der Waals surface area contributed by atoms with Gasteiger partial charge in [-0.05, 0) is 26.8 Å². The molecule has 0 spiro atoms. The largest absolute Gasteiger partial charge is 0.421 e. The molecule has 9 heteroatoms. The summed E-state index contributed by atoms with van der Waals surface area (Å²) in [6, 6.07) is 0.635. The van der Waals surface area contributed by atoms with Crippen molar-refractivity contribution in [1.82, 2.24) is 19.6 Å². The normalized spacial score (nSPS) is 20.1. The van der Waals surface area contributed by atoms with Crippen LogP contribution in [0.4, 0.5) is 4.79 Å². The van der Waals surface area contributed by atoms with Gasteiger partial charge in [-0.3, -0.25) is 19.4 Å². The number of aliphatic imine (C=N–C) groups is 1. The number of hydrogen-bond donors (Lipinski definition) is 0. The van der Waals surface area contributed by atoms with Crippen LogP contribution in [-0.2, 0) is 9.59 Å². The second-order valence-corrected chi connectivity index (χ2v) is 8.24. The highest BCUT2D eigenvalue weighted by Crippen LogP contribution is 2.23. The highest BCUT2D eigenvalue weighted by atomic mass is 16.2. The summed E-state index contributed by atoms with van der Waals surface area (Å²) in [5, 5.41) is 4.47. The van der Waals surface area contributed by atoms with Gasteiger partial charge in [0.2, 0.25) is 11.9 Å². The van der Waals surface area contributed by atoms with Gasteiger partial charge in [0.25, 0.3) is 5.91 Å². The minimum atomic E-state index is -0.751. The number of rotatable bonds is 3. The first-order valence-electron chi connectivity index (χ1n) is 9.35. The predicted molar refractivity (Wildman–Crippen MR) is 103 cm³/mol. The molecule has 1 aromatic heterocycles. The molecule has 0 N–H and O–H groups in total. The number of likely N-dealkylation sites (N-methyl/N-ethyl adjacent to an activating group) is 2. The van der Waals surface area contributed by atoms with Crippen molar-refractivity contribution in [3.63, 3.8) is 0 Å². The molecule has 9 nitrogen and oxygen atoms in total. The highest BCUT2D eigenvalue weighted by Gasteiger charge is 2.53. The Morgan fingerprint density at radius 2 is 1.89 bits per heavy atom. The molecule has 1 unspecified atom stereocenters. The highest BCUT2D eigenvalue weighted by molar-refractivity contribution is 6.23. The van der Waals surface area contributed by atoms with Crippen LogP contribution in [0.5, 0.6) is 0 Å². The molecule has 0 saturated carbocycles. The summed E-state index contributed by atoms with van der Waals surface area (Å²) < 4.78 is 3.50. The monoisotopic (exact) mass is 387 g/mol. The van der Waals surface area contributed by atoms with Gasteiger partial charge in [-0.2, -0.15) is 0 Å². The molecule has 28 heavy (non-hydrogen) atoms. The van der Waals surface area contributed by atoms with E-state index >= 15 is 0 Å². The number of aromatic nitrogens is 2. The van der Waals surface area contributed by atoms with E-state index in [4.69, 9.17) is 0 Å². The van der Waals surface area contributed by atoms with E-state index in [1.807, 2.05) is 31.4 Å². The van der Waals surface area contributed by atoms with E-state index in [9.17, 15) is 14.4 Å². The van der Waals surface area contributed by atoms with Crippen LogP contribution in [-0.4, -0.2) is 79.9 Å². The number of carbonyl (C=O) groups is 3. The van der Waals surface area contributed by atoms with Crippen LogP contribution < -0.4 is 0 Å². The summed E-state index contributed by atoms with van der Waals surface area (Å²) >= 11 is 0. The van der Waals surface area contributed by atoms with Crippen LogP contribution in [0.1, 0.15) is 39.1 Å². The van der Waals surface area contributed by atoms with Gasteiger partial charge in [0, 0.05) is 12.5 Å². The van der Waals surface area contributed by atoms with E-state index < -0.39 is 23.4 Å². The van der Waals surface area contributed by atoms with Gasteiger partial charge >= 0.3 is 12.0 Å². The van der Waals surface area contributed by atoms with Gasteiger partial charge in [-0.15, -0.1) is 9.78 Å². The van der Waals surface area contributed by atoms with E-state index in [1.165, 1.54) is 4.90 Å². The molecule has 150 valence electrons. The number of Topliss-reactive ketones (excluding diaryl/α,β-unsaturated/α-hetero) is 1. The molecule has 1 aromatic rings. The van der Waals surface area contributed by atoms with Crippen LogP contribution in [0.15, 0.2) is 11.1 Å². The van der Waals surface area contributed by atoms with Crippen LogP contribution in [0, 0.1) is 19.3 Å². The summed E-state index contributed by atoms with van der Waals surface area (Å²) in [6.45, 7) is 11.3. The molecule has 3 heterocycles. The van der Waals surface area contributed by atoms with E-state index in [0.29, 0.717) is 18.3 Å². The Labute approximate surface area is 164 Å². The third kappa shape index (κ3) is 3.04. The lowest BCUT2D eigenvalue weighted by molar-refractivity contribution is -0.534. The lowest BCUT2D eigenvalue weighted by Crippen LogP contribution is -2.64. The quantitative estimate of drug-likeness (QED) is 0.724. The van der Waals surface area contributed by atoms with Gasteiger partial charge < -0.3 is 0 Å². The fourth-order valence-electron chi connectivity index (χ4n) is 3.36. The molecule has 1 fully saturated rings. The maximum Gasteiger partial charge on any atom is 0.421 e. The average Bonchev–Trinajstić information content (AvgIpc) is 3.14. The molecule has 3 amide bonds. The number of carbonyl (C=O) groups excluding carboxylic acids is 3. The van der Waals surface area contributed by atoms with Crippen molar-refractivity contribution in [3.8, 4) is 0 Å². The molecular weight excluding hydrogens is 360 g/mol. The molecule has 2 aliphatic heterocycles. The predicted octanol–water partition coefficient (Wildman–Crippen LogP) is 1.03. The third-order valence-corrected chi connectivity index (χ3v) is 5.07. The van der Waals surface area contributed by atoms with Crippen LogP contribution in [0.3, 0.4) is 0 Å². The lowest BCUT2D eigenvalue weighted by Gasteiger charge is -2.34. The van der Waals surface area contributed by atoms with Gasteiger partial charge in [0.1, 0.15) is 5.69 Å². The molecule has 3 rings (SSSR count). The zero-order valence-corrected chi connectivity index (χ0v) is 17.5. The Morgan fingerprint density at radius 1 is 1.25 bits per heavy atom. The van der Waals surface area contributed by atoms with Crippen molar-refractivity contribution in [1.29, 1.82) is 0 Å². The van der Waals surface area contributed by atoms with E-state index in [1.54, 1.807) is 32.5 Å². The Morgan fingerprint density at radius 3 is 2.39 bits per heavy atom. The van der Waals surface area contributed by atoms with Crippen LogP contribution in [0.2, 0.25) is 0 Å². The fourth-order valence-corrected chi connectivity index (χ4v) is 3.36. The number of fused-ring (bicyclic) bond motifs is 1. The van der Waals surface area contributed by atoms with Crippen molar-refractivity contribution < 1.29 is 19.0 Å². The molecular formula is C19H27N6O3+. The molecule has 1 atom stereocenters. The van der Waals surface area contributed by atoms with Crippen molar-refractivity contribution in [3.05, 3.63) is 17.5 Å². The fraction of sp³-hybridized carbons (Fsp3) is 0.579. The minimum Gasteiger partial charge on any atom is -0.297 e. The first-order chi connectivity index (χ1) is 13.0. The molecule has 0 bridgehead atoms. The SMILES string of the molecule is CC[N+]1=C(n2nc(C)cc2C)N=C2C1C(=O)N(CC(=O)C(C)(C)C)C(=O)N2C. The summed E-state index contributed by atoms with van der Waals surface area (Å²) in [4.78, 5) is 45.5. The average molecular weight is 387 g/mol. The van der Waals surface area contributed by atoms with Gasteiger partial charge in [-0.25, -0.2) is 9.37 Å². The Balaban J connectivity index is 2.05.